The molecule has 0 aromatic heterocycles. The molecule has 94 valence electrons. The minimum absolute atomic E-state index is 0.0336. The Morgan fingerprint density at radius 3 is 2.88 bits per heavy atom. The van der Waals surface area contributed by atoms with Gasteiger partial charge in [0.15, 0.2) is 0 Å². The number of aliphatic hydroxyl groups is 1. The van der Waals surface area contributed by atoms with E-state index in [9.17, 15) is 5.11 Å². The Balaban J connectivity index is 2.10. The highest BCUT2D eigenvalue weighted by Gasteiger charge is 2.26. The lowest BCUT2D eigenvalue weighted by Gasteiger charge is -2.32. The van der Waals surface area contributed by atoms with Gasteiger partial charge in [-0.15, -0.1) is 0 Å². The van der Waals surface area contributed by atoms with Crippen molar-refractivity contribution < 1.29 is 9.84 Å². The highest BCUT2D eigenvalue weighted by molar-refractivity contribution is 5.39. The van der Waals surface area contributed by atoms with Crippen LogP contribution in [0, 0.1) is 0 Å². The largest absolute Gasteiger partial charge is 0.488 e. The Kier molecular flexibility index (Phi) is 3.43. The van der Waals surface area contributed by atoms with Crippen molar-refractivity contribution in [3.63, 3.8) is 0 Å². The van der Waals surface area contributed by atoms with Crippen LogP contribution in [0.3, 0.4) is 0 Å². The van der Waals surface area contributed by atoms with Crippen LogP contribution in [-0.2, 0) is 12.8 Å². The van der Waals surface area contributed by atoms with Crippen LogP contribution in [0.5, 0.6) is 5.75 Å². The van der Waals surface area contributed by atoms with Crippen molar-refractivity contribution in [1.82, 2.24) is 0 Å². The zero-order valence-electron chi connectivity index (χ0n) is 11.0. The lowest BCUT2D eigenvalue weighted by molar-refractivity contribution is 0.0846. The molecule has 2 nitrogen and oxygen atoms in total. The van der Waals surface area contributed by atoms with Crippen molar-refractivity contribution in [3.8, 4) is 5.75 Å². The molecule has 0 radical (unpaired) electrons. The Labute approximate surface area is 104 Å². The van der Waals surface area contributed by atoms with Gasteiger partial charge in [-0.1, -0.05) is 12.1 Å². The number of aryl methyl sites for hydroxylation is 2. The second kappa shape index (κ2) is 4.69. The molecule has 0 amide bonds. The number of rotatable bonds is 3. The smallest absolute Gasteiger partial charge is 0.123 e. The molecule has 0 saturated carbocycles. The van der Waals surface area contributed by atoms with E-state index in [1.807, 2.05) is 6.92 Å². The zero-order chi connectivity index (χ0) is 12.5. The molecule has 0 bridgehead atoms. The first kappa shape index (κ1) is 12.4. The molecule has 1 aliphatic heterocycles. The van der Waals surface area contributed by atoms with Crippen LogP contribution in [0.1, 0.15) is 44.7 Å². The van der Waals surface area contributed by atoms with Gasteiger partial charge in [0.25, 0.3) is 0 Å². The molecule has 1 N–H and O–H groups in total. The van der Waals surface area contributed by atoms with E-state index < -0.39 is 0 Å². The second-order valence-corrected chi connectivity index (χ2v) is 5.69. The van der Waals surface area contributed by atoms with Gasteiger partial charge >= 0.3 is 0 Å². The van der Waals surface area contributed by atoms with E-state index in [0.717, 1.165) is 31.4 Å². The number of benzene rings is 1. The quantitative estimate of drug-likeness (QED) is 0.870. The molecule has 1 heterocycles. The van der Waals surface area contributed by atoms with Crippen LogP contribution in [0.25, 0.3) is 0 Å². The summed E-state index contributed by atoms with van der Waals surface area (Å²) < 4.78 is 5.95. The summed E-state index contributed by atoms with van der Waals surface area (Å²) in [5.74, 6) is 1.03. The van der Waals surface area contributed by atoms with Crippen LogP contribution in [0.2, 0.25) is 0 Å². The molecule has 0 saturated heterocycles. The van der Waals surface area contributed by atoms with E-state index in [-0.39, 0.29) is 11.7 Å². The van der Waals surface area contributed by atoms with E-state index in [4.69, 9.17) is 4.74 Å². The molecule has 1 aliphatic rings. The normalized spacial score (nSPS) is 19.3. The predicted octanol–water partition coefficient (Wildman–Crippen LogP) is 3.10. The fourth-order valence-corrected chi connectivity index (χ4v) is 2.24. The lowest BCUT2D eigenvalue weighted by Crippen LogP contribution is -2.32. The van der Waals surface area contributed by atoms with Crippen LogP contribution >= 0.6 is 0 Å². The molecule has 2 rings (SSSR count). The molecule has 0 aliphatic carbocycles. The van der Waals surface area contributed by atoms with Crippen molar-refractivity contribution in [1.29, 1.82) is 0 Å². The lowest BCUT2D eigenvalue weighted by atomic mass is 9.92. The number of ether oxygens (including phenoxy) is 1. The zero-order valence-corrected chi connectivity index (χ0v) is 11.0. The van der Waals surface area contributed by atoms with Crippen LogP contribution in [0.4, 0.5) is 0 Å². The van der Waals surface area contributed by atoms with Gasteiger partial charge in [-0.25, -0.2) is 0 Å². The van der Waals surface area contributed by atoms with E-state index in [2.05, 4.69) is 32.0 Å². The minimum atomic E-state index is -0.221. The standard InChI is InChI=1S/C15H22O2/c1-11(16)4-5-12-6-7-14-13(10-12)8-9-15(2,3)17-14/h6-7,10-11,16H,4-5,8-9H2,1-3H3/t11-/m0/s1. The van der Waals surface area contributed by atoms with Crippen LogP contribution < -0.4 is 4.74 Å². The van der Waals surface area contributed by atoms with Gasteiger partial charge in [0.1, 0.15) is 11.4 Å². The average molecular weight is 234 g/mol. The van der Waals surface area contributed by atoms with Gasteiger partial charge in [0, 0.05) is 0 Å². The summed E-state index contributed by atoms with van der Waals surface area (Å²) >= 11 is 0. The van der Waals surface area contributed by atoms with Gasteiger partial charge in [0.2, 0.25) is 0 Å². The van der Waals surface area contributed by atoms with E-state index >= 15 is 0 Å². The summed E-state index contributed by atoms with van der Waals surface area (Å²) in [7, 11) is 0. The molecular formula is C15H22O2. The molecule has 1 atom stereocenters. The number of aliphatic hydroxyl groups excluding tert-OH is 1. The van der Waals surface area contributed by atoms with Gasteiger partial charge in [-0.05, 0) is 63.6 Å². The van der Waals surface area contributed by atoms with Crippen molar-refractivity contribution in [2.45, 2.75) is 58.2 Å². The Hall–Kier alpha value is -1.02. The SMILES string of the molecule is C[C@H](O)CCc1ccc2c(c1)CCC(C)(C)O2. The summed E-state index contributed by atoms with van der Waals surface area (Å²) in [6.07, 6.45) is 3.70. The maximum absolute atomic E-state index is 9.30. The third-order valence-electron chi connectivity index (χ3n) is 3.36. The van der Waals surface area contributed by atoms with Crippen molar-refractivity contribution in [2.75, 3.05) is 0 Å². The number of hydrogen-bond donors (Lipinski definition) is 1. The molecule has 0 fully saturated rings. The number of hydrogen-bond acceptors (Lipinski definition) is 2. The minimum Gasteiger partial charge on any atom is -0.488 e. The summed E-state index contributed by atoms with van der Waals surface area (Å²) in [5.41, 5.74) is 2.58. The van der Waals surface area contributed by atoms with Gasteiger partial charge < -0.3 is 9.84 Å². The fraction of sp³-hybridized carbons (Fsp3) is 0.600. The maximum Gasteiger partial charge on any atom is 0.123 e. The van der Waals surface area contributed by atoms with Crippen LogP contribution in [-0.4, -0.2) is 16.8 Å². The molecule has 2 heteroatoms. The van der Waals surface area contributed by atoms with E-state index in [1.54, 1.807) is 0 Å². The topological polar surface area (TPSA) is 29.5 Å². The molecule has 1 aromatic carbocycles. The Morgan fingerprint density at radius 1 is 1.41 bits per heavy atom. The van der Waals surface area contributed by atoms with Crippen LogP contribution in [0.15, 0.2) is 18.2 Å². The summed E-state index contributed by atoms with van der Waals surface area (Å²) in [4.78, 5) is 0. The fourth-order valence-electron chi connectivity index (χ4n) is 2.24. The summed E-state index contributed by atoms with van der Waals surface area (Å²) in [6, 6.07) is 6.42. The third-order valence-corrected chi connectivity index (χ3v) is 3.36. The van der Waals surface area contributed by atoms with Crippen molar-refractivity contribution >= 4 is 0 Å². The van der Waals surface area contributed by atoms with E-state index in [1.165, 1.54) is 11.1 Å². The highest BCUT2D eigenvalue weighted by Crippen LogP contribution is 2.33. The second-order valence-electron chi connectivity index (χ2n) is 5.69. The molecule has 1 aromatic rings. The summed E-state index contributed by atoms with van der Waals surface area (Å²) in [5, 5.41) is 9.30. The Bertz CT molecular complexity index is 394. The monoisotopic (exact) mass is 234 g/mol. The molecule has 0 spiro atoms. The van der Waals surface area contributed by atoms with E-state index in [0.29, 0.717) is 0 Å². The summed E-state index contributed by atoms with van der Waals surface area (Å²) in [6.45, 7) is 6.11. The highest BCUT2D eigenvalue weighted by atomic mass is 16.5. The average Bonchev–Trinajstić information content (AvgIpc) is 2.25. The first-order chi connectivity index (χ1) is 7.96. The van der Waals surface area contributed by atoms with Gasteiger partial charge in [-0.3, -0.25) is 0 Å². The molecule has 0 unspecified atom stereocenters. The predicted molar refractivity (Wildman–Crippen MR) is 69.5 cm³/mol. The number of fused-ring (bicyclic) bond motifs is 1. The van der Waals surface area contributed by atoms with Gasteiger partial charge in [-0.2, -0.15) is 0 Å². The molecule has 17 heavy (non-hydrogen) atoms. The third kappa shape index (κ3) is 3.22. The first-order valence-electron chi connectivity index (χ1n) is 6.45. The van der Waals surface area contributed by atoms with Crippen molar-refractivity contribution in [2.24, 2.45) is 0 Å². The Morgan fingerprint density at radius 2 is 2.18 bits per heavy atom. The van der Waals surface area contributed by atoms with Gasteiger partial charge in [0.05, 0.1) is 6.10 Å². The first-order valence-corrected chi connectivity index (χ1v) is 6.45. The van der Waals surface area contributed by atoms with Crippen molar-refractivity contribution in [3.05, 3.63) is 29.3 Å². The molecular weight excluding hydrogens is 212 g/mol. The maximum atomic E-state index is 9.30.